The van der Waals surface area contributed by atoms with Crippen molar-refractivity contribution in [2.24, 2.45) is 0 Å². The van der Waals surface area contributed by atoms with Crippen molar-refractivity contribution in [1.82, 2.24) is 10.3 Å². The highest BCUT2D eigenvalue weighted by molar-refractivity contribution is 7.15. The van der Waals surface area contributed by atoms with Crippen LogP contribution in [0.2, 0.25) is 0 Å². The Labute approximate surface area is 173 Å². The number of thiazole rings is 1. The van der Waals surface area contributed by atoms with E-state index in [1.165, 1.54) is 23.5 Å². The van der Waals surface area contributed by atoms with Gasteiger partial charge in [-0.3, -0.25) is 9.59 Å². The molecule has 2 aromatic carbocycles. The Morgan fingerprint density at radius 3 is 2.59 bits per heavy atom. The van der Waals surface area contributed by atoms with E-state index in [2.05, 4.69) is 15.6 Å². The number of nitrogens with one attached hydrogen (secondary N) is 2. The third kappa shape index (κ3) is 4.81. The lowest BCUT2D eigenvalue weighted by atomic mass is 10.1. The van der Waals surface area contributed by atoms with E-state index in [9.17, 15) is 14.7 Å². The number of carbonyl (C=O) groups excluding carboxylic acids is 2. The zero-order valence-corrected chi connectivity index (χ0v) is 17.3. The van der Waals surface area contributed by atoms with E-state index in [1.54, 1.807) is 13.0 Å². The van der Waals surface area contributed by atoms with Crippen molar-refractivity contribution in [3.05, 3.63) is 64.7 Å². The number of aryl methyl sites for hydroxylation is 1. The summed E-state index contributed by atoms with van der Waals surface area (Å²) < 4.78 is 0. The van der Waals surface area contributed by atoms with Gasteiger partial charge in [0.05, 0.1) is 22.2 Å². The van der Waals surface area contributed by atoms with Gasteiger partial charge in [-0.2, -0.15) is 0 Å². The van der Waals surface area contributed by atoms with Gasteiger partial charge in [-0.1, -0.05) is 37.3 Å². The Balaban J connectivity index is 1.78. The fraction of sp³-hybridized carbons (Fsp3) is 0.227. The summed E-state index contributed by atoms with van der Waals surface area (Å²) in [5.41, 5.74) is 2.46. The standard InChI is InChI=1S/C22H23N3O3S/c1-4-19(27)25-16-10-11-18(26)17(12-16)21(28)23-13(2)20-14(3)24-22(29-20)15-8-6-5-7-9-15/h5-13,26H,4H2,1-3H3,(H,23,28)(H,25,27). The molecular weight excluding hydrogens is 386 g/mol. The minimum atomic E-state index is -0.420. The summed E-state index contributed by atoms with van der Waals surface area (Å²) in [5, 5.41) is 16.6. The lowest BCUT2D eigenvalue weighted by Gasteiger charge is -2.14. The number of rotatable bonds is 6. The Morgan fingerprint density at radius 1 is 1.17 bits per heavy atom. The molecule has 0 bridgehead atoms. The smallest absolute Gasteiger partial charge is 0.255 e. The quantitative estimate of drug-likeness (QED) is 0.516. The molecule has 7 heteroatoms. The topological polar surface area (TPSA) is 91.3 Å². The highest BCUT2D eigenvalue weighted by atomic mass is 32.1. The first-order chi connectivity index (χ1) is 13.9. The molecule has 1 unspecified atom stereocenters. The highest BCUT2D eigenvalue weighted by Crippen LogP contribution is 2.32. The van der Waals surface area contributed by atoms with Crippen LogP contribution in [0, 0.1) is 6.92 Å². The number of hydrogen-bond acceptors (Lipinski definition) is 5. The largest absolute Gasteiger partial charge is 0.507 e. The molecule has 3 N–H and O–H groups in total. The zero-order valence-electron chi connectivity index (χ0n) is 16.5. The Kier molecular flexibility index (Phi) is 6.29. The first kappa shape index (κ1) is 20.5. The molecule has 3 rings (SSSR count). The lowest BCUT2D eigenvalue weighted by molar-refractivity contribution is -0.115. The number of benzene rings is 2. The first-order valence-corrected chi connectivity index (χ1v) is 10.2. The van der Waals surface area contributed by atoms with Gasteiger partial charge in [0, 0.05) is 17.7 Å². The van der Waals surface area contributed by atoms with Gasteiger partial charge in [0.1, 0.15) is 10.8 Å². The maximum absolute atomic E-state index is 12.7. The van der Waals surface area contributed by atoms with Gasteiger partial charge in [0.2, 0.25) is 5.91 Å². The van der Waals surface area contributed by atoms with Gasteiger partial charge < -0.3 is 15.7 Å². The lowest BCUT2D eigenvalue weighted by Crippen LogP contribution is -2.26. The van der Waals surface area contributed by atoms with Crippen LogP contribution in [0.3, 0.4) is 0 Å². The van der Waals surface area contributed by atoms with Crippen molar-refractivity contribution in [3.63, 3.8) is 0 Å². The van der Waals surface area contributed by atoms with Gasteiger partial charge in [0.25, 0.3) is 5.91 Å². The third-order valence-electron chi connectivity index (χ3n) is 4.44. The summed E-state index contributed by atoms with van der Waals surface area (Å²) in [7, 11) is 0. The van der Waals surface area contributed by atoms with E-state index < -0.39 is 5.91 Å². The fourth-order valence-corrected chi connectivity index (χ4v) is 3.97. The third-order valence-corrected chi connectivity index (χ3v) is 5.83. The predicted molar refractivity (Wildman–Crippen MR) is 115 cm³/mol. The molecule has 0 aliphatic carbocycles. The van der Waals surface area contributed by atoms with Crippen molar-refractivity contribution in [1.29, 1.82) is 0 Å². The molecule has 0 fully saturated rings. The van der Waals surface area contributed by atoms with Crippen LogP contribution in [0.15, 0.2) is 48.5 Å². The first-order valence-electron chi connectivity index (χ1n) is 9.35. The highest BCUT2D eigenvalue weighted by Gasteiger charge is 2.20. The predicted octanol–water partition coefficient (Wildman–Crippen LogP) is 4.66. The van der Waals surface area contributed by atoms with Gasteiger partial charge in [-0.25, -0.2) is 4.98 Å². The molecule has 29 heavy (non-hydrogen) atoms. The Morgan fingerprint density at radius 2 is 1.90 bits per heavy atom. The molecule has 1 heterocycles. The van der Waals surface area contributed by atoms with Gasteiger partial charge in [-0.15, -0.1) is 11.3 Å². The molecule has 2 amide bonds. The molecule has 1 atom stereocenters. The molecule has 150 valence electrons. The van der Waals surface area contributed by atoms with Crippen molar-refractivity contribution in [2.45, 2.75) is 33.2 Å². The number of phenols is 1. The summed E-state index contributed by atoms with van der Waals surface area (Å²) in [4.78, 5) is 29.9. The van der Waals surface area contributed by atoms with Crippen molar-refractivity contribution < 1.29 is 14.7 Å². The van der Waals surface area contributed by atoms with Crippen LogP contribution >= 0.6 is 11.3 Å². The van der Waals surface area contributed by atoms with Crippen molar-refractivity contribution in [2.75, 3.05) is 5.32 Å². The summed E-state index contributed by atoms with van der Waals surface area (Å²) in [6, 6.07) is 14.0. The number of nitrogens with zero attached hydrogens (tertiary/aromatic N) is 1. The van der Waals surface area contributed by atoms with E-state index in [4.69, 9.17) is 0 Å². The van der Waals surface area contributed by atoms with Crippen LogP contribution < -0.4 is 10.6 Å². The summed E-state index contributed by atoms with van der Waals surface area (Å²) in [5.74, 6) is -0.726. The van der Waals surface area contributed by atoms with Crippen LogP contribution in [-0.2, 0) is 4.79 Å². The number of aromatic hydroxyl groups is 1. The summed E-state index contributed by atoms with van der Waals surface area (Å²) in [6.45, 7) is 5.54. The number of phenolic OH excluding ortho intramolecular Hbond substituents is 1. The second-order valence-electron chi connectivity index (χ2n) is 6.66. The van der Waals surface area contributed by atoms with Crippen LogP contribution in [0.1, 0.15) is 47.2 Å². The average molecular weight is 410 g/mol. The number of carbonyl (C=O) groups is 2. The maximum atomic E-state index is 12.7. The SMILES string of the molecule is CCC(=O)Nc1ccc(O)c(C(=O)NC(C)c2sc(-c3ccccc3)nc2C)c1. The normalized spacial score (nSPS) is 11.7. The minimum absolute atomic E-state index is 0.108. The van der Waals surface area contributed by atoms with Crippen LogP contribution in [0.5, 0.6) is 5.75 Å². The minimum Gasteiger partial charge on any atom is -0.507 e. The molecule has 0 aliphatic rings. The fourth-order valence-electron chi connectivity index (χ4n) is 2.90. The summed E-state index contributed by atoms with van der Waals surface area (Å²) >= 11 is 1.53. The van der Waals surface area contributed by atoms with Gasteiger partial charge >= 0.3 is 0 Å². The van der Waals surface area contributed by atoms with E-state index >= 15 is 0 Å². The molecule has 0 saturated carbocycles. The monoisotopic (exact) mass is 409 g/mol. The second kappa shape index (κ2) is 8.87. The maximum Gasteiger partial charge on any atom is 0.255 e. The van der Waals surface area contributed by atoms with Gasteiger partial charge in [-0.05, 0) is 32.0 Å². The number of anilines is 1. The van der Waals surface area contributed by atoms with E-state index in [1.807, 2.05) is 44.2 Å². The molecule has 0 aliphatic heterocycles. The van der Waals surface area contributed by atoms with Crippen LogP contribution in [0.4, 0.5) is 5.69 Å². The zero-order chi connectivity index (χ0) is 21.0. The van der Waals surface area contributed by atoms with Crippen molar-refractivity contribution >= 4 is 28.8 Å². The molecule has 0 saturated heterocycles. The molecule has 3 aromatic rings. The van der Waals surface area contributed by atoms with E-state index in [0.29, 0.717) is 12.1 Å². The average Bonchev–Trinajstić information content (AvgIpc) is 3.11. The molecule has 6 nitrogen and oxygen atoms in total. The van der Waals surface area contributed by atoms with Crippen molar-refractivity contribution in [3.8, 4) is 16.3 Å². The number of amides is 2. The second-order valence-corrected chi connectivity index (χ2v) is 7.69. The number of aromatic nitrogens is 1. The molecular formula is C22H23N3O3S. The van der Waals surface area contributed by atoms with Gasteiger partial charge in [0.15, 0.2) is 0 Å². The Hall–Kier alpha value is -3.19. The number of hydrogen-bond donors (Lipinski definition) is 3. The van der Waals surface area contributed by atoms with E-state index in [-0.39, 0.29) is 23.3 Å². The Bertz CT molecular complexity index is 1030. The summed E-state index contributed by atoms with van der Waals surface area (Å²) in [6.07, 6.45) is 0.327. The van der Waals surface area contributed by atoms with Crippen LogP contribution in [-0.4, -0.2) is 21.9 Å². The molecule has 1 aromatic heterocycles. The van der Waals surface area contributed by atoms with E-state index in [0.717, 1.165) is 21.1 Å². The molecule has 0 radical (unpaired) electrons. The molecule has 0 spiro atoms. The van der Waals surface area contributed by atoms with Crippen LogP contribution in [0.25, 0.3) is 10.6 Å².